The molecule has 0 aromatic carbocycles. The molecule has 3 aliphatic heterocycles. The monoisotopic (exact) mass is 580 g/mol. The van der Waals surface area contributed by atoms with Crippen LogP contribution in [0.3, 0.4) is 0 Å². The third-order valence-corrected chi connectivity index (χ3v) is 16.4. The van der Waals surface area contributed by atoms with Crippen LogP contribution in [0.15, 0.2) is 0 Å². The molecule has 1 spiro atoms. The SMILES string of the molecule is CC(=O)[C@]12C[C@@H](C)[C@@]34O[C@@](CO[Si](C)(C)C(C)(C)C)(C[C@H]3[C@H]1OC(=O)O2)C[C@]1(O[Si](C)(C)C)C(=O)[C@@H](C)C[C@@H]41. The first-order valence-electron chi connectivity index (χ1n) is 14.6. The smallest absolute Gasteiger partial charge is 0.426 e. The van der Waals surface area contributed by atoms with Crippen LogP contribution < -0.4 is 0 Å². The third-order valence-electron chi connectivity index (χ3n) is 11.0. The Bertz CT molecular complexity index is 1090. The van der Waals surface area contributed by atoms with Crippen molar-refractivity contribution < 1.29 is 37.4 Å². The molecule has 2 bridgehead atoms. The fourth-order valence-electron chi connectivity index (χ4n) is 8.52. The first-order chi connectivity index (χ1) is 17.6. The van der Waals surface area contributed by atoms with Gasteiger partial charge in [-0.25, -0.2) is 4.79 Å². The quantitative estimate of drug-likeness (QED) is 0.294. The van der Waals surface area contributed by atoms with Crippen LogP contribution in [0.1, 0.15) is 67.2 Å². The van der Waals surface area contributed by atoms with E-state index in [1.54, 1.807) is 0 Å². The van der Waals surface area contributed by atoms with Crippen LogP contribution >= 0.6 is 0 Å². The molecule has 0 aromatic rings. The highest BCUT2D eigenvalue weighted by Crippen LogP contribution is 2.70. The highest BCUT2D eigenvalue weighted by molar-refractivity contribution is 6.74. The van der Waals surface area contributed by atoms with Crippen molar-refractivity contribution in [3.8, 4) is 0 Å². The van der Waals surface area contributed by atoms with Gasteiger partial charge in [-0.1, -0.05) is 34.6 Å². The maximum Gasteiger partial charge on any atom is 0.509 e. The Morgan fingerprint density at radius 3 is 2.28 bits per heavy atom. The van der Waals surface area contributed by atoms with Crippen LogP contribution in [0, 0.1) is 23.7 Å². The van der Waals surface area contributed by atoms with E-state index in [0.717, 1.165) is 0 Å². The van der Waals surface area contributed by atoms with Crippen molar-refractivity contribution in [2.45, 2.75) is 134 Å². The van der Waals surface area contributed by atoms with Crippen molar-refractivity contribution >= 4 is 34.4 Å². The first kappa shape index (κ1) is 29.4. The van der Waals surface area contributed by atoms with Gasteiger partial charge in [0.25, 0.3) is 0 Å². The lowest BCUT2D eigenvalue weighted by molar-refractivity contribution is -0.275. The standard InChI is InChI=1S/C29H48O8Si2/c1-17-12-21-28(22(17)31,37-38(7,8)9)15-26(16-33-39(10,11)25(4,5)6)14-20-23-27(19(3)30,35-24(32)34-23)13-18(2)29(20,21)36-26/h17-18,20-21,23H,12-16H2,1-11H3/t17-,18+,20-,21+,23+,26-,27+,28+,29+/m0/s1. The molecular weight excluding hydrogens is 532 g/mol. The normalized spacial score (nSPS) is 45.4. The second-order valence-corrected chi connectivity index (χ2v) is 25.0. The van der Waals surface area contributed by atoms with Crippen LogP contribution in [0.5, 0.6) is 0 Å². The van der Waals surface area contributed by atoms with Gasteiger partial charge < -0.3 is 23.1 Å². The Hall–Kier alpha value is -1.08. The van der Waals surface area contributed by atoms with Crippen molar-refractivity contribution in [1.29, 1.82) is 0 Å². The van der Waals surface area contributed by atoms with Crippen LogP contribution in [0.25, 0.3) is 0 Å². The molecule has 39 heavy (non-hydrogen) atoms. The lowest BCUT2D eigenvalue weighted by Gasteiger charge is -2.60. The summed E-state index contributed by atoms with van der Waals surface area (Å²) in [5.41, 5.74) is -3.91. The Labute approximate surface area is 235 Å². The second kappa shape index (κ2) is 8.49. The van der Waals surface area contributed by atoms with Gasteiger partial charge in [-0.05, 0) is 63.5 Å². The molecule has 2 aliphatic carbocycles. The predicted octanol–water partition coefficient (Wildman–Crippen LogP) is 5.64. The molecule has 5 aliphatic rings. The van der Waals surface area contributed by atoms with Crippen molar-refractivity contribution in [3.63, 3.8) is 0 Å². The molecule has 0 unspecified atom stereocenters. The molecule has 2 saturated carbocycles. The number of hydrogen-bond acceptors (Lipinski definition) is 8. The zero-order valence-corrected chi connectivity index (χ0v) is 27.7. The minimum atomic E-state index is -2.19. The largest absolute Gasteiger partial charge is 0.509 e. The fourth-order valence-corrected chi connectivity index (χ4v) is 11.0. The Balaban J connectivity index is 1.68. The topological polar surface area (TPSA) is 97.4 Å². The number of hydrogen-bond donors (Lipinski definition) is 0. The molecule has 9 atom stereocenters. The van der Waals surface area contributed by atoms with Gasteiger partial charge in [0, 0.05) is 30.6 Å². The molecule has 5 fully saturated rings. The molecule has 0 radical (unpaired) electrons. The molecule has 10 heteroatoms. The Morgan fingerprint density at radius 1 is 1.08 bits per heavy atom. The maximum absolute atomic E-state index is 14.2. The zero-order chi connectivity index (χ0) is 29.2. The summed E-state index contributed by atoms with van der Waals surface area (Å²) in [4.78, 5) is 40.0. The molecule has 0 amide bonds. The number of carbonyl (C=O) groups excluding carboxylic acids is 3. The predicted molar refractivity (Wildman–Crippen MR) is 150 cm³/mol. The average Bonchev–Trinajstić information content (AvgIpc) is 3.35. The van der Waals surface area contributed by atoms with Crippen LogP contribution in [-0.2, 0) is 32.7 Å². The highest BCUT2D eigenvalue weighted by Gasteiger charge is 2.82. The van der Waals surface area contributed by atoms with E-state index in [9.17, 15) is 14.4 Å². The van der Waals surface area contributed by atoms with Crippen LogP contribution in [0.2, 0.25) is 37.8 Å². The molecule has 8 nitrogen and oxygen atoms in total. The zero-order valence-electron chi connectivity index (χ0n) is 25.7. The van der Waals surface area contributed by atoms with Gasteiger partial charge in [0.05, 0.1) is 17.8 Å². The van der Waals surface area contributed by atoms with E-state index in [0.29, 0.717) is 32.3 Å². The molecule has 0 N–H and O–H groups in total. The molecule has 0 aromatic heterocycles. The summed E-state index contributed by atoms with van der Waals surface area (Å²) >= 11 is 0. The number of ketones is 2. The lowest BCUT2D eigenvalue weighted by atomic mass is 9.55. The summed E-state index contributed by atoms with van der Waals surface area (Å²) < 4.78 is 32.8. The van der Waals surface area contributed by atoms with Crippen molar-refractivity contribution in [1.82, 2.24) is 0 Å². The third kappa shape index (κ3) is 4.01. The summed E-state index contributed by atoms with van der Waals surface area (Å²) in [6.07, 6.45) is 0.341. The minimum Gasteiger partial charge on any atom is -0.426 e. The summed E-state index contributed by atoms with van der Waals surface area (Å²) in [7, 11) is -4.36. The lowest BCUT2D eigenvalue weighted by Crippen LogP contribution is -2.71. The average molecular weight is 581 g/mol. The molecule has 3 saturated heterocycles. The van der Waals surface area contributed by atoms with Crippen molar-refractivity contribution in [3.05, 3.63) is 0 Å². The van der Waals surface area contributed by atoms with Gasteiger partial charge in [0.15, 0.2) is 34.3 Å². The number of fused-ring (bicyclic) bond motifs is 4. The maximum atomic E-state index is 14.2. The van der Waals surface area contributed by atoms with Crippen LogP contribution in [-0.4, -0.2) is 69.5 Å². The van der Waals surface area contributed by atoms with Gasteiger partial charge in [-0.2, -0.15) is 0 Å². The van der Waals surface area contributed by atoms with Gasteiger partial charge in [0.1, 0.15) is 5.60 Å². The molecular formula is C29H48O8Si2. The second-order valence-electron chi connectivity index (χ2n) is 15.8. The number of ether oxygens (including phenoxy) is 3. The van der Waals surface area contributed by atoms with Crippen molar-refractivity contribution in [2.75, 3.05) is 6.61 Å². The number of rotatable bonds is 6. The Kier molecular flexibility index (Phi) is 6.40. The molecule has 5 rings (SSSR count). The van der Waals surface area contributed by atoms with E-state index in [-0.39, 0.29) is 40.3 Å². The minimum absolute atomic E-state index is 0.00000589. The van der Waals surface area contributed by atoms with Gasteiger partial charge in [0.2, 0.25) is 5.60 Å². The van der Waals surface area contributed by atoms with Crippen LogP contribution in [0.4, 0.5) is 4.79 Å². The summed E-state index contributed by atoms with van der Waals surface area (Å²) in [5, 5.41) is -0.00000589. The summed E-state index contributed by atoms with van der Waals surface area (Å²) in [5.74, 6) is -0.891. The van der Waals surface area contributed by atoms with E-state index >= 15 is 0 Å². The van der Waals surface area contributed by atoms with Gasteiger partial charge >= 0.3 is 6.16 Å². The van der Waals surface area contributed by atoms with E-state index in [1.165, 1.54) is 6.92 Å². The molecule has 3 heterocycles. The van der Waals surface area contributed by atoms with Crippen molar-refractivity contribution in [2.24, 2.45) is 23.7 Å². The first-order valence-corrected chi connectivity index (χ1v) is 21.0. The summed E-state index contributed by atoms with van der Waals surface area (Å²) in [6, 6.07) is 0. The number of carbonyl (C=O) groups is 3. The van der Waals surface area contributed by atoms with E-state index < -0.39 is 51.3 Å². The summed E-state index contributed by atoms with van der Waals surface area (Å²) in [6.45, 7) is 23.4. The van der Waals surface area contributed by atoms with E-state index in [1.807, 2.05) is 6.92 Å². The van der Waals surface area contributed by atoms with E-state index in [2.05, 4.69) is 60.4 Å². The Morgan fingerprint density at radius 2 is 1.72 bits per heavy atom. The fraction of sp³-hybridized carbons (Fsp3) is 0.897. The number of Topliss-reactive ketones (excluding diaryl/α,β-unsaturated/α-hetero) is 2. The highest BCUT2D eigenvalue weighted by atomic mass is 28.4. The van der Waals surface area contributed by atoms with E-state index in [4.69, 9.17) is 23.1 Å². The van der Waals surface area contributed by atoms with Gasteiger partial charge in [-0.15, -0.1) is 0 Å². The van der Waals surface area contributed by atoms with Gasteiger partial charge in [-0.3, -0.25) is 9.59 Å². The molecule has 220 valence electrons.